The van der Waals surface area contributed by atoms with Gasteiger partial charge in [0.2, 0.25) is 0 Å². The van der Waals surface area contributed by atoms with Gasteiger partial charge in [-0.2, -0.15) is 0 Å². The van der Waals surface area contributed by atoms with Gasteiger partial charge in [-0.05, 0) is 90.1 Å². The van der Waals surface area contributed by atoms with E-state index in [9.17, 15) is 0 Å². The van der Waals surface area contributed by atoms with Gasteiger partial charge in [0.1, 0.15) is 0 Å². The van der Waals surface area contributed by atoms with Gasteiger partial charge < -0.3 is 0 Å². The van der Waals surface area contributed by atoms with Crippen molar-refractivity contribution in [3.05, 3.63) is 160 Å². The highest BCUT2D eigenvalue weighted by Crippen LogP contribution is 2.58. The standard InChI is InChI=1S/C35H22/c1-2-13-26-23(9-1)11-8-18-27(26)33-29-15-4-6-17-31(29)34-32(28-14-3-5-16-30(28)35(33)34)25-20-19-22-10-7-12-24(22)21-25/h1-9,11-21H,10H2. The van der Waals surface area contributed by atoms with Crippen molar-refractivity contribution >= 4 is 39.1 Å². The van der Waals surface area contributed by atoms with Crippen molar-refractivity contribution in [3.63, 3.8) is 0 Å². The molecule has 5 aromatic rings. The molecule has 3 aliphatic carbocycles. The number of fused-ring (bicyclic) bond motifs is 7. The zero-order valence-corrected chi connectivity index (χ0v) is 19.3. The van der Waals surface area contributed by atoms with Crippen LogP contribution in [0.15, 0.2) is 115 Å². The zero-order valence-electron chi connectivity index (χ0n) is 19.3. The van der Waals surface area contributed by atoms with Crippen molar-refractivity contribution in [2.24, 2.45) is 0 Å². The van der Waals surface area contributed by atoms with Crippen LogP contribution in [0.4, 0.5) is 0 Å². The van der Waals surface area contributed by atoms with Crippen LogP contribution in [-0.2, 0) is 6.42 Å². The third kappa shape index (κ3) is 2.57. The topological polar surface area (TPSA) is 0 Å². The molecule has 162 valence electrons. The Morgan fingerprint density at radius 2 is 1.06 bits per heavy atom. The van der Waals surface area contributed by atoms with Crippen LogP contribution < -0.4 is 0 Å². The summed E-state index contributed by atoms with van der Waals surface area (Å²) in [5.74, 6) is 0. The molecule has 0 amide bonds. The quantitative estimate of drug-likeness (QED) is 0.257. The predicted octanol–water partition coefficient (Wildman–Crippen LogP) is 8.65. The molecule has 0 saturated heterocycles. The molecule has 0 unspecified atom stereocenters. The highest BCUT2D eigenvalue weighted by Gasteiger charge is 2.37. The smallest absolute Gasteiger partial charge is 0.000741 e. The van der Waals surface area contributed by atoms with E-state index >= 15 is 0 Å². The van der Waals surface area contributed by atoms with Gasteiger partial charge in [0.15, 0.2) is 0 Å². The maximum atomic E-state index is 2.39. The molecule has 0 aromatic heterocycles. The molecule has 0 heteroatoms. The van der Waals surface area contributed by atoms with E-state index in [0.717, 1.165) is 6.42 Å². The van der Waals surface area contributed by atoms with Gasteiger partial charge in [0.05, 0.1) is 0 Å². The van der Waals surface area contributed by atoms with Crippen molar-refractivity contribution < 1.29 is 0 Å². The zero-order chi connectivity index (χ0) is 22.9. The van der Waals surface area contributed by atoms with E-state index in [2.05, 4.69) is 121 Å². The summed E-state index contributed by atoms with van der Waals surface area (Å²) in [6, 6.07) is 40.4. The number of rotatable bonds is 2. The lowest BCUT2D eigenvalue weighted by molar-refractivity contribution is 1.31. The lowest BCUT2D eigenvalue weighted by Crippen LogP contribution is -1.94. The van der Waals surface area contributed by atoms with Crippen molar-refractivity contribution in [2.45, 2.75) is 6.42 Å². The summed E-state index contributed by atoms with van der Waals surface area (Å²) in [5.41, 5.74) is 16.2. The Kier molecular flexibility index (Phi) is 3.81. The van der Waals surface area contributed by atoms with Crippen LogP contribution in [0.5, 0.6) is 0 Å². The molecule has 0 saturated carbocycles. The van der Waals surface area contributed by atoms with Crippen LogP contribution in [0.2, 0.25) is 0 Å². The molecule has 3 aliphatic rings. The molecule has 0 radical (unpaired) electrons. The lowest BCUT2D eigenvalue weighted by atomic mass is 9.90. The maximum Gasteiger partial charge on any atom is -0.000741 e. The second kappa shape index (κ2) is 7.04. The second-order valence-corrected chi connectivity index (χ2v) is 9.64. The van der Waals surface area contributed by atoms with Gasteiger partial charge in [-0.1, -0.05) is 115 Å². The van der Waals surface area contributed by atoms with Crippen LogP contribution in [0, 0.1) is 0 Å². The number of benzene rings is 5. The average Bonchev–Trinajstić information content (AvgIpc) is 3.60. The number of allylic oxidation sites excluding steroid dienone is 3. The van der Waals surface area contributed by atoms with Crippen LogP contribution in [0.25, 0.3) is 39.1 Å². The lowest BCUT2D eigenvalue weighted by Gasteiger charge is -2.13. The molecule has 0 N–H and O–H groups in total. The normalized spacial score (nSPS) is 15.0. The first-order valence-electron chi connectivity index (χ1n) is 12.3. The van der Waals surface area contributed by atoms with E-state index in [1.165, 1.54) is 77.6 Å². The van der Waals surface area contributed by atoms with Crippen molar-refractivity contribution in [2.75, 3.05) is 0 Å². The van der Waals surface area contributed by atoms with Crippen LogP contribution in [0.1, 0.15) is 44.5 Å². The molecule has 0 aliphatic heterocycles. The molecule has 0 heterocycles. The molecule has 0 fully saturated rings. The Morgan fingerprint density at radius 1 is 0.457 bits per heavy atom. The molecule has 8 rings (SSSR count). The fraction of sp³-hybridized carbons (Fsp3) is 0.0286. The fourth-order valence-electron chi connectivity index (χ4n) is 6.32. The van der Waals surface area contributed by atoms with Gasteiger partial charge in [-0.15, -0.1) is 0 Å². The Bertz CT molecular complexity index is 1800. The van der Waals surface area contributed by atoms with Crippen LogP contribution in [-0.4, -0.2) is 0 Å². The highest BCUT2D eigenvalue weighted by molar-refractivity contribution is 6.36. The fourth-order valence-corrected chi connectivity index (χ4v) is 6.32. The van der Waals surface area contributed by atoms with E-state index in [1.807, 2.05) is 0 Å². The molecule has 5 aromatic carbocycles. The molecule has 0 atom stereocenters. The summed E-state index contributed by atoms with van der Waals surface area (Å²) in [6.07, 6.45) is 5.58. The third-order valence-electron chi connectivity index (χ3n) is 7.81. The van der Waals surface area contributed by atoms with E-state index in [-0.39, 0.29) is 0 Å². The average molecular weight is 443 g/mol. The van der Waals surface area contributed by atoms with Gasteiger partial charge >= 0.3 is 0 Å². The second-order valence-electron chi connectivity index (χ2n) is 9.64. The highest BCUT2D eigenvalue weighted by atomic mass is 14.4. The first kappa shape index (κ1) is 18.9. The van der Waals surface area contributed by atoms with Crippen molar-refractivity contribution in [1.82, 2.24) is 0 Å². The summed E-state index contributed by atoms with van der Waals surface area (Å²) < 4.78 is 0. The summed E-state index contributed by atoms with van der Waals surface area (Å²) in [5, 5.41) is 2.59. The first-order chi connectivity index (χ1) is 17.4. The van der Waals surface area contributed by atoms with Crippen molar-refractivity contribution in [3.8, 4) is 0 Å². The van der Waals surface area contributed by atoms with Gasteiger partial charge in [0.25, 0.3) is 0 Å². The number of hydrogen-bond donors (Lipinski definition) is 0. The Hall–Kier alpha value is -4.42. The predicted molar refractivity (Wildman–Crippen MR) is 148 cm³/mol. The Balaban J connectivity index is 1.52. The van der Waals surface area contributed by atoms with Gasteiger partial charge in [-0.3, -0.25) is 0 Å². The van der Waals surface area contributed by atoms with Gasteiger partial charge in [0, 0.05) is 0 Å². The summed E-state index contributed by atoms with van der Waals surface area (Å²) >= 11 is 0. The molecular formula is C35H22. The van der Waals surface area contributed by atoms with E-state index < -0.39 is 0 Å². The van der Waals surface area contributed by atoms with E-state index in [4.69, 9.17) is 0 Å². The largest absolute Gasteiger partial charge is 0.0795 e. The molecule has 0 nitrogen and oxygen atoms in total. The molecule has 0 bridgehead atoms. The molecule has 0 spiro atoms. The maximum absolute atomic E-state index is 2.39. The van der Waals surface area contributed by atoms with E-state index in [1.54, 1.807) is 0 Å². The minimum Gasteiger partial charge on any atom is -0.0795 e. The Labute approximate surface area is 205 Å². The Morgan fingerprint density at radius 3 is 1.86 bits per heavy atom. The SMILES string of the molecule is C1=Cc2cc(C3=C4C(=C(c5cccc6ccccc56)c5ccccc54)c4ccccc43)ccc2C1. The van der Waals surface area contributed by atoms with Crippen LogP contribution in [0.3, 0.4) is 0 Å². The summed E-state index contributed by atoms with van der Waals surface area (Å²) in [7, 11) is 0. The number of hydrogen-bond acceptors (Lipinski definition) is 0. The van der Waals surface area contributed by atoms with Gasteiger partial charge in [-0.25, -0.2) is 0 Å². The summed E-state index contributed by atoms with van der Waals surface area (Å²) in [4.78, 5) is 0. The molecule has 35 heavy (non-hydrogen) atoms. The van der Waals surface area contributed by atoms with E-state index in [0.29, 0.717) is 0 Å². The van der Waals surface area contributed by atoms with Crippen molar-refractivity contribution in [1.29, 1.82) is 0 Å². The third-order valence-corrected chi connectivity index (χ3v) is 7.81. The molecular weight excluding hydrogens is 420 g/mol. The first-order valence-corrected chi connectivity index (χ1v) is 12.3. The monoisotopic (exact) mass is 442 g/mol. The van der Waals surface area contributed by atoms with Crippen LogP contribution >= 0.6 is 0 Å². The minimum atomic E-state index is 1.04. The summed E-state index contributed by atoms with van der Waals surface area (Å²) in [6.45, 7) is 0. The minimum absolute atomic E-state index is 1.04.